The SMILES string of the molecule is CCNc1nc(NCCS(C)(=O)=O)nc(N(CC)CC)n1. The summed E-state index contributed by atoms with van der Waals surface area (Å²) < 4.78 is 22.3. The molecule has 0 aliphatic heterocycles. The van der Waals surface area contributed by atoms with E-state index < -0.39 is 9.84 Å². The first-order valence-corrected chi connectivity index (χ1v) is 9.12. The number of sulfone groups is 1. The van der Waals surface area contributed by atoms with Gasteiger partial charge in [-0.05, 0) is 20.8 Å². The van der Waals surface area contributed by atoms with E-state index in [1.165, 1.54) is 6.26 Å². The van der Waals surface area contributed by atoms with E-state index in [4.69, 9.17) is 0 Å². The van der Waals surface area contributed by atoms with Gasteiger partial charge in [-0.25, -0.2) is 8.42 Å². The molecule has 0 aliphatic carbocycles. The third-order valence-electron chi connectivity index (χ3n) is 2.76. The summed E-state index contributed by atoms with van der Waals surface area (Å²) in [5.74, 6) is 1.48. The van der Waals surface area contributed by atoms with E-state index in [1.54, 1.807) is 0 Å². The molecular formula is C12H24N6O2S. The van der Waals surface area contributed by atoms with Crippen LogP contribution in [-0.2, 0) is 9.84 Å². The molecule has 0 fully saturated rings. The zero-order chi connectivity index (χ0) is 15.9. The molecule has 21 heavy (non-hydrogen) atoms. The minimum absolute atomic E-state index is 0.0375. The predicted octanol–water partition coefficient (Wildman–Crippen LogP) is 0.606. The Labute approximate surface area is 126 Å². The third kappa shape index (κ3) is 6.11. The van der Waals surface area contributed by atoms with Crippen LogP contribution in [0.4, 0.5) is 17.8 Å². The standard InChI is InChI=1S/C12H24N6O2S/c1-5-13-10-15-11(14-8-9-21(4,19)20)17-12(16-10)18(6-2)7-3/h5-9H2,1-4H3,(H2,13,14,15,16,17). The average molecular weight is 316 g/mol. The van der Waals surface area contributed by atoms with Gasteiger partial charge in [0.2, 0.25) is 17.8 Å². The van der Waals surface area contributed by atoms with E-state index >= 15 is 0 Å². The lowest BCUT2D eigenvalue weighted by Crippen LogP contribution is -2.26. The highest BCUT2D eigenvalue weighted by molar-refractivity contribution is 7.90. The Bertz CT molecular complexity index is 545. The quantitative estimate of drug-likeness (QED) is 0.683. The highest BCUT2D eigenvalue weighted by Crippen LogP contribution is 2.13. The molecule has 120 valence electrons. The predicted molar refractivity (Wildman–Crippen MR) is 85.8 cm³/mol. The summed E-state index contributed by atoms with van der Waals surface area (Å²) in [6, 6.07) is 0. The Morgan fingerprint density at radius 3 is 2.05 bits per heavy atom. The van der Waals surface area contributed by atoms with Gasteiger partial charge in [-0.1, -0.05) is 0 Å². The molecule has 0 amide bonds. The van der Waals surface area contributed by atoms with Crippen LogP contribution in [0.1, 0.15) is 20.8 Å². The van der Waals surface area contributed by atoms with Crippen molar-refractivity contribution in [1.29, 1.82) is 0 Å². The highest BCUT2D eigenvalue weighted by Gasteiger charge is 2.11. The first-order valence-electron chi connectivity index (χ1n) is 7.06. The fourth-order valence-electron chi connectivity index (χ4n) is 1.68. The van der Waals surface area contributed by atoms with Crippen LogP contribution in [0.25, 0.3) is 0 Å². The number of anilines is 3. The minimum Gasteiger partial charge on any atom is -0.354 e. The second-order valence-corrected chi connectivity index (χ2v) is 6.80. The van der Waals surface area contributed by atoms with Crippen molar-refractivity contribution in [1.82, 2.24) is 15.0 Å². The van der Waals surface area contributed by atoms with E-state index in [2.05, 4.69) is 25.6 Å². The molecule has 0 radical (unpaired) electrons. The molecule has 0 spiro atoms. The van der Waals surface area contributed by atoms with Crippen molar-refractivity contribution in [3.05, 3.63) is 0 Å². The Balaban J connectivity index is 2.91. The van der Waals surface area contributed by atoms with Gasteiger partial charge < -0.3 is 15.5 Å². The van der Waals surface area contributed by atoms with E-state index in [-0.39, 0.29) is 12.3 Å². The molecule has 0 saturated carbocycles. The normalized spacial score (nSPS) is 11.2. The third-order valence-corrected chi connectivity index (χ3v) is 3.71. The van der Waals surface area contributed by atoms with Gasteiger partial charge >= 0.3 is 0 Å². The Hall–Kier alpha value is -1.64. The molecule has 1 rings (SSSR count). The smallest absolute Gasteiger partial charge is 0.231 e. The molecular weight excluding hydrogens is 292 g/mol. The van der Waals surface area contributed by atoms with Crippen LogP contribution in [0.3, 0.4) is 0 Å². The number of aromatic nitrogens is 3. The average Bonchev–Trinajstić information content (AvgIpc) is 2.39. The second-order valence-electron chi connectivity index (χ2n) is 4.54. The fraction of sp³-hybridized carbons (Fsp3) is 0.750. The lowest BCUT2D eigenvalue weighted by molar-refractivity contribution is 0.602. The summed E-state index contributed by atoms with van der Waals surface area (Å²) in [7, 11) is -3.01. The van der Waals surface area contributed by atoms with Gasteiger partial charge in [-0.15, -0.1) is 0 Å². The molecule has 0 bridgehead atoms. The summed E-state index contributed by atoms with van der Waals surface area (Å²) >= 11 is 0. The largest absolute Gasteiger partial charge is 0.354 e. The number of hydrogen-bond acceptors (Lipinski definition) is 8. The van der Waals surface area contributed by atoms with Gasteiger partial charge in [-0.2, -0.15) is 15.0 Å². The number of rotatable bonds is 9. The topological polar surface area (TPSA) is 100 Å². The number of nitrogens with one attached hydrogen (secondary N) is 2. The van der Waals surface area contributed by atoms with Gasteiger partial charge in [-0.3, -0.25) is 0 Å². The Morgan fingerprint density at radius 1 is 1.00 bits per heavy atom. The second kappa shape index (κ2) is 7.96. The zero-order valence-electron chi connectivity index (χ0n) is 13.0. The summed E-state index contributed by atoms with van der Waals surface area (Å²) in [6.07, 6.45) is 1.20. The van der Waals surface area contributed by atoms with Crippen LogP contribution in [0.5, 0.6) is 0 Å². The molecule has 8 nitrogen and oxygen atoms in total. The lowest BCUT2D eigenvalue weighted by Gasteiger charge is -2.19. The van der Waals surface area contributed by atoms with Crippen LogP contribution in [0, 0.1) is 0 Å². The maximum absolute atomic E-state index is 11.1. The van der Waals surface area contributed by atoms with Crippen LogP contribution in [0.15, 0.2) is 0 Å². The van der Waals surface area contributed by atoms with Crippen molar-refractivity contribution in [2.75, 3.05) is 53.7 Å². The van der Waals surface area contributed by atoms with Crippen LogP contribution in [0.2, 0.25) is 0 Å². The molecule has 9 heteroatoms. The maximum atomic E-state index is 11.1. The molecule has 0 unspecified atom stereocenters. The fourth-order valence-corrected chi connectivity index (χ4v) is 2.15. The van der Waals surface area contributed by atoms with Crippen molar-refractivity contribution in [3.8, 4) is 0 Å². The summed E-state index contributed by atoms with van der Waals surface area (Å²) in [5.41, 5.74) is 0. The first-order chi connectivity index (χ1) is 9.89. The van der Waals surface area contributed by atoms with Crippen LogP contribution in [-0.4, -0.2) is 61.6 Å². The van der Waals surface area contributed by atoms with Gasteiger partial charge in [0.15, 0.2) is 0 Å². The molecule has 0 saturated heterocycles. The molecule has 2 N–H and O–H groups in total. The summed E-state index contributed by atoms with van der Waals surface area (Å²) in [5, 5.41) is 5.99. The lowest BCUT2D eigenvalue weighted by atomic mass is 10.5. The molecule has 1 aromatic rings. The molecule has 0 aromatic carbocycles. The summed E-state index contributed by atoms with van der Waals surface area (Å²) in [4.78, 5) is 14.9. The maximum Gasteiger partial charge on any atom is 0.231 e. The van der Waals surface area contributed by atoms with E-state index in [0.717, 1.165) is 13.1 Å². The molecule has 1 aromatic heterocycles. The van der Waals surface area contributed by atoms with Crippen LogP contribution >= 0.6 is 0 Å². The van der Waals surface area contributed by atoms with Gasteiger partial charge in [0.1, 0.15) is 9.84 Å². The van der Waals surface area contributed by atoms with E-state index in [1.807, 2.05) is 25.7 Å². The molecule has 0 atom stereocenters. The van der Waals surface area contributed by atoms with Crippen LogP contribution < -0.4 is 15.5 Å². The first kappa shape index (κ1) is 17.4. The van der Waals surface area contributed by atoms with E-state index in [0.29, 0.717) is 24.4 Å². The number of hydrogen-bond donors (Lipinski definition) is 2. The molecule has 0 aliphatic rings. The van der Waals surface area contributed by atoms with Gasteiger partial charge in [0, 0.05) is 32.4 Å². The summed E-state index contributed by atoms with van der Waals surface area (Å²) in [6.45, 7) is 8.55. The Kier molecular flexibility index (Phi) is 6.60. The zero-order valence-corrected chi connectivity index (χ0v) is 13.9. The van der Waals surface area contributed by atoms with Crippen molar-refractivity contribution >= 4 is 27.7 Å². The minimum atomic E-state index is -3.01. The highest BCUT2D eigenvalue weighted by atomic mass is 32.2. The molecule has 1 heterocycles. The van der Waals surface area contributed by atoms with Crippen molar-refractivity contribution in [2.24, 2.45) is 0 Å². The van der Waals surface area contributed by atoms with Gasteiger partial charge in [0.05, 0.1) is 5.75 Å². The monoisotopic (exact) mass is 316 g/mol. The number of nitrogens with zero attached hydrogens (tertiary/aromatic N) is 4. The van der Waals surface area contributed by atoms with Gasteiger partial charge in [0.25, 0.3) is 0 Å². The Morgan fingerprint density at radius 2 is 1.57 bits per heavy atom. The van der Waals surface area contributed by atoms with Crippen molar-refractivity contribution in [3.63, 3.8) is 0 Å². The van der Waals surface area contributed by atoms with E-state index in [9.17, 15) is 8.42 Å². The van der Waals surface area contributed by atoms with Crippen molar-refractivity contribution in [2.45, 2.75) is 20.8 Å². The van der Waals surface area contributed by atoms with Crippen molar-refractivity contribution < 1.29 is 8.42 Å².